The van der Waals surface area contributed by atoms with Crippen LogP contribution in [-0.4, -0.2) is 23.6 Å². The topological polar surface area (TPSA) is 61.8 Å². The highest BCUT2D eigenvalue weighted by atomic mass is 32.1. The molecule has 0 bridgehead atoms. The number of thiazole rings is 1. The Kier molecular flexibility index (Phi) is 3.33. The highest BCUT2D eigenvalue weighted by Gasteiger charge is 2.13. The summed E-state index contributed by atoms with van der Waals surface area (Å²) in [7, 11) is 3.26. The van der Waals surface area contributed by atoms with Crippen LogP contribution in [0.2, 0.25) is 0 Å². The average molecular weight is 289 g/mol. The maximum Gasteiger partial charge on any atom is 0.194 e. The third-order valence-corrected chi connectivity index (χ3v) is 4.05. The molecule has 0 saturated carbocycles. The van der Waals surface area contributed by atoms with Gasteiger partial charge in [-0.25, -0.2) is 4.98 Å². The third kappa shape index (κ3) is 1.93. The molecule has 0 spiro atoms. The Morgan fingerprint density at radius 3 is 2.75 bits per heavy atom. The van der Waals surface area contributed by atoms with Gasteiger partial charge in [-0.1, -0.05) is 0 Å². The number of imidazole rings is 1. The lowest BCUT2D eigenvalue weighted by Crippen LogP contribution is -2.01. The smallest absolute Gasteiger partial charge is 0.194 e. The number of benzene rings is 1. The molecule has 3 aromatic rings. The standard InChI is InChI=1S/C14H15N3O2S/c1-18-12-4-3-9(5-13(12)19-2)11-8-20-14-16-7-10(6-15)17(11)14/h3-5,7-8H,6,15H2,1-2H3. The van der Waals surface area contributed by atoms with Gasteiger partial charge in [0.05, 0.1) is 31.8 Å². The fraction of sp³-hybridized carbons (Fsp3) is 0.214. The molecule has 0 unspecified atom stereocenters. The Labute approximate surface area is 120 Å². The Morgan fingerprint density at radius 1 is 1.25 bits per heavy atom. The first kappa shape index (κ1) is 13.0. The van der Waals surface area contributed by atoms with E-state index in [1.54, 1.807) is 25.6 Å². The average Bonchev–Trinajstić information content (AvgIpc) is 3.07. The quantitative estimate of drug-likeness (QED) is 0.801. The van der Waals surface area contributed by atoms with Crippen molar-refractivity contribution in [3.8, 4) is 22.8 Å². The van der Waals surface area contributed by atoms with Gasteiger partial charge in [0.2, 0.25) is 0 Å². The Bertz CT molecular complexity index is 748. The van der Waals surface area contributed by atoms with E-state index in [1.807, 2.05) is 24.4 Å². The molecule has 1 aromatic carbocycles. The maximum absolute atomic E-state index is 5.77. The Balaban J connectivity index is 2.17. The van der Waals surface area contributed by atoms with Crippen molar-refractivity contribution in [1.29, 1.82) is 0 Å². The number of aromatic nitrogens is 2. The SMILES string of the molecule is COc1ccc(-c2csc3ncc(CN)n23)cc1OC. The molecular weight excluding hydrogens is 274 g/mol. The second kappa shape index (κ2) is 5.15. The molecule has 0 amide bonds. The molecule has 0 aliphatic rings. The van der Waals surface area contributed by atoms with Crippen molar-refractivity contribution in [3.63, 3.8) is 0 Å². The minimum absolute atomic E-state index is 0.457. The molecular formula is C14H15N3O2S. The zero-order chi connectivity index (χ0) is 14.1. The van der Waals surface area contributed by atoms with Crippen LogP contribution in [0.4, 0.5) is 0 Å². The highest BCUT2D eigenvalue weighted by molar-refractivity contribution is 7.15. The summed E-state index contributed by atoms with van der Waals surface area (Å²) in [4.78, 5) is 5.30. The summed E-state index contributed by atoms with van der Waals surface area (Å²) < 4.78 is 12.7. The van der Waals surface area contributed by atoms with Gasteiger partial charge in [0.15, 0.2) is 16.5 Å². The van der Waals surface area contributed by atoms with Crippen molar-refractivity contribution in [2.24, 2.45) is 5.73 Å². The lowest BCUT2D eigenvalue weighted by Gasteiger charge is -2.09. The van der Waals surface area contributed by atoms with Crippen LogP contribution in [0, 0.1) is 0 Å². The molecule has 2 aromatic heterocycles. The van der Waals surface area contributed by atoms with Crippen molar-refractivity contribution in [2.45, 2.75) is 6.54 Å². The maximum atomic E-state index is 5.77. The Morgan fingerprint density at radius 2 is 2.05 bits per heavy atom. The number of hydrogen-bond acceptors (Lipinski definition) is 5. The molecule has 0 aliphatic heterocycles. The van der Waals surface area contributed by atoms with Crippen molar-refractivity contribution >= 4 is 16.3 Å². The van der Waals surface area contributed by atoms with Crippen LogP contribution in [0.1, 0.15) is 5.69 Å². The Hall–Kier alpha value is -2.05. The van der Waals surface area contributed by atoms with Crippen LogP contribution >= 0.6 is 11.3 Å². The second-order valence-electron chi connectivity index (χ2n) is 4.26. The highest BCUT2D eigenvalue weighted by Crippen LogP contribution is 2.34. The monoisotopic (exact) mass is 289 g/mol. The van der Waals surface area contributed by atoms with Gasteiger partial charge in [0, 0.05) is 17.5 Å². The third-order valence-electron chi connectivity index (χ3n) is 3.21. The normalized spacial score (nSPS) is 10.9. The second-order valence-corrected chi connectivity index (χ2v) is 5.10. The van der Waals surface area contributed by atoms with Crippen LogP contribution in [-0.2, 0) is 6.54 Å². The number of fused-ring (bicyclic) bond motifs is 1. The van der Waals surface area contributed by atoms with E-state index >= 15 is 0 Å². The first-order valence-corrected chi connectivity index (χ1v) is 7.02. The summed E-state index contributed by atoms with van der Waals surface area (Å²) in [6.45, 7) is 0.457. The van der Waals surface area contributed by atoms with E-state index in [2.05, 4.69) is 14.8 Å². The lowest BCUT2D eigenvalue weighted by atomic mass is 10.1. The van der Waals surface area contributed by atoms with Gasteiger partial charge >= 0.3 is 0 Å². The van der Waals surface area contributed by atoms with Gasteiger partial charge in [-0.2, -0.15) is 0 Å². The number of rotatable bonds is 4. The summed E-state index contributed by atoms with van der Waals surface area (Å²) in [5.41, 5.74) is 8.86. The first-order chi connectivity index (χ1) is 9.78. The molecule has 104 valence electrons. The summed E-state index contributed by atoms with van der Waals surface area (Å²) in [6.07, 6.45) is 1.82. The van der Waals surface area contributed by atoms with Crippen molar-refractivity contribution < 1.29 is 9.47 Å². The fourth-order valence-corrected chi connectivity index (χ4v) is 3.10. The van der Waals surface area contributed by atoms with Crippen LogP contribution < -0.4 is 15.2 Å². The van der Waals surface area contributed by atoms with E-state index in [-0.39, 0.29) is 0 Å². The number of hydrogen-bond donors (Lipinski definition) is 1. The summed E-state index contributed by atoms with van der Waals surface area (Å²) in [6, 6.07) is 5.86. The molecule has 2 N–H and O–H groups in total. The predicted molar refractivity (Wildman–Crippen MR) is 79.5 cm³/mol. The molecule has 6 heteroatoms. The molecule has 0 atom stereocenters. The molecule has 0 radical (unpaired) electrons. The first-order valence-electron chi connectivity index (χ1n) is 6.14. The van der Waals surface area contributed by atoms with Crippen molar-refractivity contribution in [2.75, 3.05) is 14.2 Å². The number of nitrogens with zero attached hydrogens (tertiary/aromatic N) is 2. The molecule has 5 nitrogen and oxygen atoms in total. The van der Waals surface area contributed by atoms with E-state index in [9.17, 15) is 0 Å². The minimum atomic E-state index is 0.457. The van der Waals surface area contributed by atoms with E-state index < -0.39 is 0 Å². The largest absolute Gasteiger partial charge is 0.493 e. The fourth-order valence-electron chi connectivity index (χ4n) is 2.21. The molecule has 2 heterocycles. The molecule has 0 fully saturated rings. The van der Waals surface area contributed by atoms with Gasteiger partial charge in [0.25, 0.3) is 0 Å². The van der Waals surface area contributed by atoms with Gasteiger partial charge in [-0.15, -0.1) is 11.3 Å². The number of nitrogens with two attached hydrogens (primary N) is 1. The van der Waals surface area contributed by atoms with E-state index in [4.69, 9.17) is 15.2 Å². The molecule has 0 saturated heterocycles. The molecule has 3 rings (SSSR count). The molecule has 0 aliphatic carbocycles. The van der Waals surface area contributed by atoms with E-state index in [1.165, 1.54) is 0 Å². The van der Waals surface area contributed by atoms with Gasteiger partial charge < -0.3 is 15.2 Å². The summed E-state index contributed by atoms with van der Waals surface area (Å²) in [5.74, 6) is 1.42. The van der Waals surface area contributed by atoms with Crippen LogP contribution in [0.15, 0.2) is 29.8 Å². The molecule has 20 heavy (non-hydrogen) atoms. The number of methoxy groups -OCH3 is 2. The van der Waals surface area contributed by atoms with Crippen molar-refractivity contribution in [1.82, 2.24) is 9.38 Å². The number of ether oxygens (including phenoxy) is 2. The minimum Gasteiger partial charge on any atom is -0.493 e. The zero-order valence-corrected chi connectivity index (χ0v) is 12.1. The lowest BCUT2D eigenvalue weighted by molar-refractivity contribution is 0.355. The summed E-state index contributed by atoms with van der Waals surface area (Å²) >= 11 is 1.59. The van der Waals surface area contributed by atoms with E-state index in [0.29, 0.717) is 18.0 Å². The predicted octanol–water partition coefficient (Wildman–Crippen LogP) is 2.54. The van der Waals surface area contributed by atoms with Crippen LogP contribution in [0.3, 0.4) is 0 Å². The summed E-state index contributed by atoms with van der Waals surface area (Å²) in [5, 5.41) is 2.07. The van der Waals surface area contributed by atoms with Crippen LogP contribution in [0.25, 0.3) is 16.2 Å². The zero-order valence-electron chi connectivity index (χ0n) is 11.3. The van der Waals surface area contributed by atoms with Crippen LogP contribution in [0.5, 0.6) is 11.5 Å². The van der Waals surface area contributed by atoms with E-state index in [0.717, 1.165) is 21.9 Å². The van der Waals surface area contributed by atoms with Gasteiger partial charge in [0.1, 0.15) is 0 Å². The van der Waals surface area contributed by atoms with Gasteiger partial charge in [-0.3, -0.25) is 4.40 Å². The van der Waals surface area contributed by atoms with Gasteiger partial charge in [-0.05, 0) is 18.2 Å². The van der Waals surface area contributed by atoms with Crippen molar-refractivity contribution in [3.05, 3.63) is 35.5 Å².